The zero-order valence-corrected chi connectivity index (χ0v) is 10.0. The lowest BCUT2D eigenvalue weighted by Gasteiger charge is -2.06. The minimum Gasteiger partial charge on any atom is -0.316 e. The Morgan fingerprint density at radius 3 is 2.27 bits per heavy atom. The number of unbranched alkanes of at least 4 members (excludes halogenated alkanes) is 4. The van der Waals surface area contributed by atoms with Gasteiger partial charge in [0, 0.05) is 12.3 Å². The van der Waals surface area contributed by atoms with E-state index in [-0.39, 0.29) is 17.5 Å². The number of hydrogen-bond donors (Lipinski definition) is 1. The van der Waals surface area contributed by atoms with Crippen LogP contribution in [0.25, 0.3) is 0 Å². The minimum atomic E-state index is -4.08. The Hall–Kier alpha value is 0.100. The van der Waals surface area contributed by atoms with Gasteiger partial charge in [0.05, 0.1) is 0 Å². The van der Waals surface area contributed by atoms with E-state index in [1.54, 1.807) is 0 Å². The van der Waals surface area contributed by atoms with Crippen molar-refractivity contribution < 1.29 is 13.2 Å². The molecule has 0 saturated carbocycles. The molecule has 0 aromatic rings. The van der Waals surface area contributed by atoms with Gasteiger partial charge in [-0.25, -0.2) is 0 Å². The molecule has 0 aliphatic heterocycles. The second-order valence-corrected chi connectivity index (χ2v) is 4.62. The average Bonchev–Trinajstić information content (AvgIpc) is 2.14. The van der Waals surface area contributed by atoms with Gasteiger partial charge in [0.2, 0.25) is 0 Å². The largest absolute Gasteiger partial charge is 0.441 e. The smallest absolute Gasteiger partial charge is 0.316 e. The zero-order valence-electron chi connectivity index (χ0n) is 9.20. The highest BCUT2D eigenvalue weighted by molar-refractivity contribution is 8.00. The number of nitrogens with one attached hydrogen (secondary N) is 1. The molecular formula is C10H20F3NS. The van der Waals surface area contributed by atoms with E-state index in [1.807, 2.05) is 0 Å². The van der Waals surface area contributed by atoms with Gasteiger partial charge in [0.25, 0.3) is 0 Å². The number of hydrogen-bond acceptors (Lipinski definition) is 2. The Morgan fingerprint density at radius 1 is 1.00 bits per heavy atom. The molecule has 0 saturated heterocycles. The van der Waals surface area contributed by atoms with Gasteiger partial charge in [-0.2, -0.15) is 13.2 Å². The van der Waals surface area contributed by atoms with E-state index in [4.69, 9.17) is 0 Å². The van der Waals surface area contributed by atoms with Gasteiger partial charge in [0.15, 0.2) is 0 Å². The second kappa shape index (κ2) is 9.33. The van der Waals surface area contributed by atoms with Gasteiger partial charge in [-0.1, -0.05) is 32.6 Å². The van der Waals surface area contributed by atoms with Crippen molar-refractivity contribution in [1.29, 1.82) is 0 Å². The molecule has 1 nitrogen and oxygen atoms in total. The molecule has 15 heavy (non-hydrogen) atoms. The Morgan fingerprint density at radius 2 is 1.67 bits per heavy atom. The summed E-state index contributed by atoms with van der Waals surface area (Å²) in [6, 6.07) is 0. The predicted octanol–water partition coefficient (Wildman–Crippen LogP) is 3.80. The fourth-order valence-electron chi connectivity index (χ4n) is 1.22. The van der Waals surface area contributed by atoms with Crippen LogP contribution >= 0.6 is 11.8 Å². The molecule has 0 unspecified atom stereocenters. The summed E-state index contributed by atoms with van der Waals surface area (Å²) in [5, 5.41) is 3.01. The van der Waals surface area contributed by atoms with E-state index < -0.39 is 5.51 Å². The van der Waals surface area contributed by atoms with Crippen molar-refractivity contribution in [3.63, 3.8) is 0 Å². The first kappa shape index (κ1) is 15.1. The van der Waals surface area contributed by atoms with Crippen LogP contribution in [0.3, 0.4) is 0 Å². The third-order valence-corrected chi connectivity index (χ3v) is 2.74. The van der Waals surface area contributed by atoms with Gasteiger partial charge < -0.3 is 5.32 Å². The summed E-state index contributed by atoms with van der Waals surface area (Å²) in [5.74, 6) is 0.110. The van der Waals surface area contributed by atoms with Crippen molar-refractivity contribution in [1.82, 2.24) is 5.32 Å². The lowest BCUT2D eigenvalue weighted by molar-refractivity contribution is -0.0327. The van der Waals surface area contributed by atoms with Crippen LogP contribution in [0.4, 0.5) is 13.2 Å². The third-order valence-electron chi connectivity index (χ3n) is 2.00. The van der Waals surface area contributed by atoms with Crippen LogP contribution in [0, 0.1) is 0 Å². The number of halogens is 3. The van der Waals surface area contributed by atoms with E-state index in [0.717, 1.165) is 13.0 Å². The molecule has 0 aliphatic carbocycles. The van der Waals surface area contributed by atoms with Crippen molar-refractivity contribution in [3.8, 4) is 0 Å². The SMILES string of the molecule is CCCCCCCNCCSC(F)(F)F. The predicted molar refractivity (Wildman–Crippen MR) is 60.1 cm³/mol. The van der Waals surface area contributed by atoms with Crippen LogP contribution in [0.15, 0.2) is 0 Å². The summed E-state index contributed by atoms with van der Waals surface area (Å²) in [5.41, 5.74) is -4.08. The summed E-state index contributed by atoms with van der Waals surface area (Å²) in [6.07, 6.45) is 5.94. The van der Waals surface area contributed by atoms with Crippen molar-refractivity contribution in [3.05, 3.63) is 0 Å². The fraction of sp³-hybridized carbons (Fsp3) is 1.00. The average molecular weight is 243 g/mol. The van der Waals surface area contributed by atoms with Crippen molar-refractivity contribution >= 4 is 11.8 Å². The molecule has 0 spiro atoms. The quantitative estimate of drug-likeness (QED) is 0.618. The highest BCUT2D eigenvalue weighted by Gasteiger charge is 2.27. The van der Waals surface area contributed by atoms with Crippen LogP contribution in [0.5, 0.6) is 0 Å². The minimum absolute atomic E-state index is 0.0430. The molecule has 0 radical (unpaired) electrons. The van der Waals surface area contributed by atoms with Crippen LogP contribution in [0.2, 0.25) is 0 Å². The zero-order chi connectivity index (χ0) is 11.6. The standard InChI is InChI=1S/C10H20F3NS/c1-2-3-4-5-6-7-14-8-9-15-10(11,12)13/h14H,2-9H2,1H3. The summed E-state index contributed by atoms with van der Waals surface area (Å²) < 4.78 is 35.1. The molecule has 0 aliphatic rings. The van der Waals surface area contributed by atoms with E-state index in [0.29, 0.717) is 6.54 Å². The van der Waals surface area contributed by atoms with E-state index in [2.05, 4.69) is 12.2 Å². The topological polar surface area (TPSA) is 12.0 Å². The lowest BCUT2D eigenvalue weighted by Crippen LogP contribution is -2.19. The van der Waals surface area contributed by atoms with Gasteiger partial charge in [0.1, 0.15) is 0 Å². The van der Waals surface area contributed by atoms with Crippen molar-refractivity contribution in [2.75, 3.05) is 18.8 Å². The van der Waals surface area contributed by atoms with Crippen molar-refractivity contribution in [2.24, 2.45) is 0 Å². The molecular weight excluding hydrogens is 223 g/mol. The molecule has 0 amide bonds. The Balaban J connectivity index is 2.99. The molecule has 5 heteroatoms. The summed E-state index contributed by atoms with van der Waals surface area (Å²) >= 11 is 0.0430. The highest BCUT2D eigenvalue weighted by Crippen LogP contribution is 2.29. The molecule has 0 bridgehead atoms. The maximum atomic E-state index is 11.7. The fourth-order valence-corrected chi connectivity index (χ4v) is 1.70. The van der Waals surface area contributed by atoms with E-state index in [1.165, 1.54) is 25.7 Å². The monoisotopic (exact) mass is 243 g/mol. The van der Waals surface area contributed by atoms with Crippen LogP contribution in [0.1, 0.15) is 39.0 Å². The first-order valence-electron chi connectivity index (χ1n) is 5.47. The normalized spacial score (nSPS) is 12.0. The molecule has 1 N–H and O–H groups in total. The Bertz CT molecular complexity index is 139. The number of alkyl halides is 3. The lowest BCUT2D eigenvalue weighted by atomic mass is 10.1. The molecule has 0 rings (SSSR count). The Labute approximate surface area is 94.2 Å². The second-order valence-electron chi connectivity index (χ2n) is 3.46. The number of thioether (sulfide) groups is 1. The first-order chi connectivity index (χ1) is 7.06. The van der Waals surface area contributed by atoms with Crippen LogP contribution < -0.4 is 5.32 Å². The van der Waals surface area contributed by atoms with Gasteiger partial charge in [-0.05, 0) is 24.7 Å². The third kappa shape index (κ3) is 14.1. The summed E-state index contributed by atoms with van der Waals surface area (Å²) in [7, 11) is 0. The van der Waals surface area contributed by atoms with Crippen molar-refractivity contribution in [2.45, 2.75) is 44.5 Å². The molecule has 0 aromatic carbocycles. The number of rotatable bonds is 9. The summed E-state index contributed by atoms with van der Waals surface area (Å²) in [4.78, 5) is 0. The van der Waals surface area contributed by atoms with E-state index >= 15 is 0 Å². The van der Waals surface area contributed by atoms with E-state index in [9.17, 15) is 13.2 Å². The van der Waals surface area contributed by atoms with Gasteiger partial charge in [-0.15, -0.1) is 0 Å². The maximum absolute atomic E-state index is 11.7. The van der Waals surface area contributed by atoms with Gasteiger partial charge in [-0.3, -0.25) is 0 Å². The summed E-state index contributed by atoms with van der Waals surface area (Å²) in [6.45, 7) is 3.44. The molecule has 0 fully saturated rings. The van der Waals surface area contributed by atoms with Crippen LogP contribution in [-0.2, 0) is 0 Å². The molecule has 0 aromatic heterocycles. The highest BCUT2D eigenvalue weighted by atomic mass is 32.2. The van der Waals surface area contributed by atoms with Crippen LogP contribution in [-0.4, -0.2) is 24.4 Å². The maximum Gasteiger partial charge on any atom is 0.441 e. The Kier molecular flexibility index (Phi) is 9.40. The molecule has 0 heterocycles. The first-order valence-corrected chi connectivity index (χ1v) is 6.46. The molecule has 92 valence electrons. The van der Waals surface area contributed by atoms with Gasteiger partial charge >= 0.3 is 5.51 Å². The molecule has 0 atom stereocenters.